The third-order valence-corrected chi connectivity index (χ3v) is 5.56. The molecule has 4 aromatic rings. The Morgan fingerprint density at radius 1 is 0.933 bits per heavy atom. The number of nitrogens with zero attached hydrogens (tertiary/aromatic N) is 2. The molecule has 0 aliphatic rings. The minimum atomic E-state index is 0.557. The maximum absolute atomic E-state index is 5.85. The lowest BCUT2D eigenvalue weighted by Crippen LogP contribution is -2.00. The summed E-state index contributed by atoms with van der Waals surface area (Å²) in [6.07, 6.45) is 0. The van der Waals surface area contributed by atoms with Crippen LogP contribution >= 0.6 is 11.3 Å². The maximum atomic E-state index is 5.85. The van der Waals surface area contributed by atoms with Gasteiger partial charge in [-0.1, -0.05) is 60.7 Å². The smallest absolute Gasteiger partial charge is 0.204 e. The first-order valence-corrected chi connectivity index (χ1v) is 10.6. The maximum Gasteiger partial charge on any atom is 0.204 e. The van der Waals surface area contributed by atoms with Crippen LogP contribution in [0, 0.1) is 6.92 Å². The lowest BCUT2D eigenvalue weighted by molar-refractivity contribution is 0.306. The van der Waals surface area contributed by atoms with E-state index >= 15 is 0 Å². The molecule has 30 heavy (non-hydrogen) atoms. The van der Waals surface area contributed by atoms with E-state index in [1.165, 1.54) is 0 Å². The van der Waals surface area contributed by atoms with Gasteiger partial charge in [0.25, 0.3) is 0 Å². The molecule has 0 amide bonds. The van der Waals surface area contributed by atoms with Crippen molar-refractivity contribution in [2.24, 2.45) is 5.10 Å². The van der Waals surface area contributed by atoms with Crippen LogP contribution in [0.2, 0.25) is 0 Å². The number of thiazole rings is 1. The van der Waals surface area contributed by atoms with Gasteiger partial charge in [-0.15, -0.1) is 11.3 Å². The summed E-state index contributed by atoms with van der Waals surface area (Å²) in [4.78, 5) is 5.86. The molecule has 0 saturated carbocycles. The van der Waals surface area contributed by atoms with Crippen molar-refractivity contribution in [2.75, 3.05) is 5.43 Å². The van der Waals surface area contributed by atoms with Crippen LogP contribution in [-0.4, -0.2) is 10.7 Å². The SMILES string of the molecule is C/C(=N/Nc1nc(-c2ccccc2)c(C)s1)c1ccc(OCc2ccccc2)cc1. The van der Waals surface area contributed by atoms with Crippen LogP contribution in [-0.2, 0) is 6.61 Å². The molecule has 0 radical (unpaired) electrons. The quantitative estimate of drug-likeness (QED) is 0.277. The summed E-state index contributed by atoms with van der Waals surface area (Å²) < 4.78 is 5.85. The molecule has 3 aromatic carbocycles. The average Bonchev–Trinajstić information content (AvgIpc) is 3.18. The van der Waals surface area contributed by atoms with E-state index in [1.807, 2.05) is 67.6 Å². The Bertz CT molecular complexity index is 1120. The summed E-state index contributed by atoms with van der Waals surface area (Å²) in [5, 5.41) is 5.30. The summed E-state index contributed by atoms with van der Waals surface area (Å²) in [5.41, 5.74) is 8.28. The van der Waals surface area contributed by atoms with Crippen molar-refractivity contribution in [3.63, 3.8) is 0 Å². The highest BCUT2D eigenvalue weighted by atomic mass is 32.1. The van der Waals surface area contributed by atoms with E-state index in [9.17, 15) is 0 Å². The zero-order valence-electron chi connectivity index (χ0n) is 17.0. The Hall–Kier alpha value is -3.44. The fourth-order valence-electron chi connectivity index (χ4n) is 3.04. The van der Waals surface area contributed by atoms with Gasteiger partial charge in [-0.2, -0.15) is 5.10 Å². The Morgan fingerprint density at radius 2 is 1.60 bits per heavy atom. The molecule has 0 aliphatic heterocycles. The Kier molecular flexibility index (Phi) is 6.20. The van der Waals surface area contributed by atoms with Crippen LogP contribution in [0.5, 0.6) is 5.75 Å². The lowest BCUT2D eigenvalue weighted by Gasteiger charge is -2.07. The summed E-state index contributed by atoms with van der Waals surface area (Å²) in [7, 11) is 0. The molecule has 0 unspecified atom stereocenters. The van der Waals surface area contributed by atoms with E-state index in [-0.39, 0.29) is 0 Å². The minimum Gasteiger partial charge on any atom is -0.489 e. The number of aryl methyl sites for hydroxylation is 1. The van der Waals surface area contributed by atoms with Gasteiger partial charge < -0.3 is 4.74 Å². The first kappa shape index (κ1) is 19.9. The topological polar surface area (TPSA) is 46.5 Å². The van der Waals surface area contributed by atoms with Crippen LogP contribution in [0.1, 0.15) is 22.9 Å². The van der Waals surface area contributed by atoms with Gasteiger partial charge in [0.05, 0.1) is 11.4 Å². The molecule has 4 nitrogen and oxygen atoms in total. The monoisotopic (exact) mass is 413 g/mol. The molecule has 1 N–H and O–H groups in total. The number of hydrazone groups is 1. The highest BCUT2D eigenvalue weighted by molar-refractivity contribution is 7.16. The highest BCUT2D eigenvalue weighted by Crippen LogP contribution is 2.30. The van der Waals surface area contributed by atoms with Gasteiger partial charge >= 0.3 is 0 Å². The van der Waals surface area contributed by atoms with Gasteiger partial charge in [0.2, 0.25) is 5.13 Å². The van der Waals surface area contributed by atoms with Crippen molar-refractivity contribution in [1.29, 1.82) is 0 Å². The van der Waals surface area contributed by atoms with E-state index < -0.39 is 0 Å². The van der Waals surface area contributed by atoms with Crippen molar-refractivity contribution >= 4 is 22.2 Å². The first-order chi connectivity index (χ1) is 14.7. The van der Waals surface area contributed by atoms with Crippen LogP contribution in [0.3, 0.4) is 0 Å². The predicted octanol–water partition coefficient (Wildman–Crippen LogP) is 6.53. The normalized spacial score (nSPS) is 11.3. The summed E-state index contributed by atoms with van der Waals surface area (Å²) >= 11 is 1.60. The average molecular weight is 414 g/mol. The molecule has 1 heterocycles. The van der Waals surface area contributed by atoms with Gasteiger partial charge in [-0.05, 0) is 49.2 Å². The van der Waals surface area contributed by atoms with E-state index in [2.05, 4.69) is 41.7 Å². The number of hydrogen-bond acceptors (Lipinski definition) is 5. The molecular weight excluding hydrogens is 390 g/mol. The Balaban J connectivity index is 1.39. The number of ether oxygens (including phenoxy) is 1. The molecule has 0 spiro atoms. The molecule has 150 valence electrons. The van der Waals surface area contributed by atoms with Crippen molar-refractivity contribution in [3.05, 3.63) is 101 Å². The Labute approximate surface area is 180 Å². The third-order valence-electron chi connectivity index (χ3n) is 4.68. The number of aromatic nitrogens is 1. The number of anilines is 1. The van der Waals surface area contributed by atoms with Crippen LogP contribution < -0.4 is 10.2 Å². The number of rotatable bonds is 7. The zero-order chi connectivity index (χ0) is 20.8. The third kappa shape index (κ3) is 4.93. The summed E-state index contributed by atoms with van der Waals surface area (Å²) in [5.74, 6) is 0.839. The highest BCUT2D eigenvalue weighted by Gasteiger charge is 2.09. The van der Waals surface area contributed by atoms with Crippen LogP contribution in [0.25, 0.3) is 11.3 Å². The molecule has 4 rings (SSSR count). The first-order valence-electron chi connectivity index (χ1n) is 9.79. The standard InChI is InChI=1S/C25H23N3OS/c1-18(21-13-15-23(16-14-21)29-17-20-9-5-3-6-10-20)27-28-25-26-24(19(2)30-25)22-11-7-4-8-12-22/h3-16H,17H2,1-2H3,(H,26,28)/b27-18-. The second-order valence-electron chi connectivity index (χ2n) is 6.90. The molecule has 0 aliphatic carbocycles. The molecule has 1 aromatic heterocycles. The van der Waals surface area contributed by atoms with E-state index in [0.29, 0.717) is 6.61 Å². The minimum absolute atomic E-state index is 0.557. The largest absolute Gasteiger partial charge is 0.489 e. The second-order valence-corrected chi connectivity index (χ2v) is 8.10. The van der Waals surface area contributed by atoms with Gasteiger partial charge in [0.1, 0.15) is 12.4 Å². The number of benzene rings is 3. The van der Waals surface area contributed by atoms with Crippen molar-refractivity contribution in [2.45, 2.75) is 20.5 Å². The van der Waals surface area contributed by atoms with Crippen molar-refractivity contribution < 1.29 is 4.74 Å². The number of hydrogen-bond donors (Lipinski definition) is 1. The molecule has 0 atom stereocenters. The van der Waals surface area contributed by atoms with Gasteiger partial charge in [-0.3, -0.25) is 5.43 Å². The molecule has 0 saturated heterocycles. The van der Waals surface area contributed by atoms with E-state index in [0.717, 1.165) is 43.9 Å². The van der Waals surface area contributed by atoms with Crippen LogP contribution in [0.15, 0.2) is 90.0 Å². The summed E-state index contributed by atoms with van der Waals surface area (Å²) in [6, 6.07) is 28.3. The molecule has 0 bridgehead atoms. The molecule has 0 fully saturated rings. The van der Waals surface area contributed by atoms with Crippen molar-refractivity contribution in [1.82, 2.24) is 4.98 Å². The van der Waals surface area contributed by atoms with Crippen molar-refractivity contribution in [3.8, 4) is 17.0 Å². The molecular formula is C25H23N3OS. The lowest BCUT2D eigenvalue weighted by atomic mass is 10.1. The Morgan fingerprint density at radius 3 is 2.30 bits per heavy atom. The molecule has 5 heteroatoms. The summed E-state index contributed by atoms with van der Waals surface area (Å²) in [6.45, 7) is 4.61. The van der Waals surface area contributed by atoms with E-state index in [4.69, 9.17) is 9.72 Å². The predicted molar refractivity (Wildman–Crippen MR) is 125 cm³/mol. The zero-order valence-corrected chi connectivity index (χ0v) is 17.8. The fourth-order valence-corrected chi connectivity index (χ4v) is 3.82. The number of nitrogens with one attached hydrogen (secondary N) is 1. The van der Waals surface area contributed by atoms with Gasteiger partial charge in [0.15, 0.2) is 0 Å². The van der Waals surface area contributed by atoms with Gasteiger partial charge in [-0.25, -0.2) is 4.98 Å². The fraction of sp³-hybridized carbons (Fsp3) is 0.120. The van der Waals surface area contributed by atoms with Crippen LogP contribution in [0.4, 0.5) is 5.13 Å². The second kappa shape index (κ2) is 9.37. The van der Waals surface area contributed by atoms with Gasteiger partial charge in [0, 0.05) is 10.4 Å². The van der Waals surface area contributed by atoms with E-state index in [1.54, 1.807) is 11.3 Å².